The van der Waals surface area contributed by atoms with Gasteiger partial charge in [0.05, 0.1) is 11.6 Å². The third kappa shape index (κ3) is 5.25. The van der Waals surface area contributed by atoms with Crippen LogP contribution in [0, 0.1) is 0 Å². The van der Waals surface area contributed by atoms with E-state index in [0.29, 0.717) is 0 Å². The van der Waals surface area contributed by atoms with Crippen LogP contribution in [0.4, 0.5) is 13.2 Å². The lowest BCUT2D eigenvalue weighted by atomic mass is 9.88. The molecule has 1 N–H and O–H groups in total. The number of halogens is 3. The molecule has 0 saturated carbocycles. The second kappa shape index (κ2) is 8.33. The number of nitrogens with one attached hydrogen (secondary N) is 1. The summed E-state index contributed by atoms with van der Waals surface area (Å²) in [5.74, 6) is -1.69. The van der Waals surface area contributed by atoms with Crippen molar-refractivity contribution in [1.82, 2.24) is 5.32 Å². The van der Waals surface area contributed by atoms with Gasteiger partial charge in [-0.3, -0.25) is 4.79 Å². The summed E-state index contributed by atoms with van der Waals surface area (Å²) in [5, 5.41) is 2.86. The Morgan fingerprint density at radius 3 is 2.50 bits per heavy atom. The number of carbonyl (C=O) groups is 2. The van der Waals surface area contributed by atoms with Gasteiger partial charge >= 0.3 is 12.3 Å². The Kier molecular flexibility index (Phi) is 5.87. The Bertz CT molecular complexity index is 849. The molecule has 0 bridgehead atoms. The summed E-state index contributed by atoms with van der Waals surface area (Å²) in [5.41, 5.74) is 2.27. The summed E-state index contributed by atoms with van der Waals surface area (Å²) in [6, 6.07) is 12.0. The normalized spacial score (nSPS) is 16.0. The van der Waals surface area contributed by atoms with Crippen molar-refractivity contribution in [3.05, 3.63) is 65.2 Å². The number of carbonyl (C=O) groups excluding carboxylic acids is 2. The second-order valence-corrected chi connectivity index (χ2v) is 6.36. The molecular formula is C20H18F3NO4. The van der Waals surface area contributed by atoms with E-state index in [2.05, 4.69) is 10.1 Å². The smallest absolute Gasteiger partial charge is 0.452 e. The van der Waals surface area contributed by atoms with Gasteiger partial charge in [0.25, 0.3) is 5.91 Å². The predicted octanol–water partition coefficient (Wildman–Crippen LogP) is 3.94. The molecule has 0 radical (unpaired) electrons. The SMILES string of the molecule is O=C(COC(=O)c1ccc(OC(F)(F)F)cc1)N[C@@H]1CCCc2ccccc21. The first-order valence-corrected chi connectivity index (χ1v) is 8.72. The van der Waals surface area contributed by atoms with E-state index in [1.165, 1.54) is 5.56 Å². The van der Waals surface area contributed by atoms with Gasteiger partial charge in [-0.15, -0.1) is 13.2 Å². The lowest BCUT2D eigenvalue weighted by Crippen LogP contribution is -2.34. The van der Waals surface area contributed by atoms with Crippen LogP contribution >= 0.6 is 0 Å². The molecule has 2 aromatic carbocycles. The molecule has 5 nitrogen and oxygen atoms in total. The largest absolute Gasteiger partial charge is 0.573 e. The number of amides is 1. The molecular weight excluding hydrogens is 375 g/mol. The molecule has 3 rings (SSSR count). The van der Waals surface area contributed by atoms with E-state index < -0.39 is 30.6 Å². The molecule has 0 spiro atoms. The number of hydrogen-bond donors (Lipinski definition) is 1. The molecule has 0 aliphatic heterocycles. The van der Waals surface area contributed by atoms with E-state index in [-0.39, 0.29) is 11.6 Å². The van der Waals surface area contributed by atoms with Crippen molar-refractivity contribution in [2.45, 2.75) is 31.7 Å². The summed E-state index contributed by atoms with van der Waals surface area (Å²) in [6.07, 6.45) is -2.09. The van der Waals surface area contributed by atoms with Crippen molar-refractivity contribution >= 4 is 11.9 Å². The maximum atomic E-state index is 12.1. The molecule has 1 aliphatic rings. The highest BCUT2D eigenvalue weighted by molar-refractivity contribution is 5.91. The molecule has 8 heteroatoms. The third-order valence-electron chi connectivity index (χ3n) is 4.36. The van der Waals surface area contributed by atoms with Gasteiger partial charge in [-0.2, -0.15) is 0 Å². The van der Waals surface area contributed by atoms with Crippen LogP contribution in [0.3, 0.4) is 0 Å². The summed E-state index contributed by atoms with van der Waals surface area (Å²) < 4.78 is 45.1. The highest BCUT2D eigenvalue weighted by atomic mass is 19.4. The quantitative estimate of drug-likeness (QED) is 0.782. The number of rotatable bonds is 5. The topological polar surface area (TPSA) is 64.6 Å². The minimum absolute atomic E-state index is 0.0188. The summed E-state index contributed by atoms with van der Waals surface area (Å²) in [7, 11) is 0. The van der Waals surface area contributed by atoms with Crippen molar-refractivity contribution in [2.24, 2.45) is 0 Å². The zero-order valence-electron chi connectivity index (χ0n) is 14.8. The maximum absolute atomic E-state index is 12.1. The maximum Gasteiger partial charge on any atom is 0.573 e. The van der Waals surface area contributed by atoms with Gasteiger partial charge in [-0.05, 0) is 54.7 Å². The molecule has 1 atom stereocenters. The zero-order chi connectivity index (χ0) is 20.1. The van der Waals surface area contributed by atoms with Crippen LogP contribution in [0.2, 0.25) is 0 Å². The molecule has 0 unspecified atom stereocenters. The highest BCUT2D eigenvalue weighted by Crippen LogP contribution is 2.29. The van der Waals surface area contributed by atoms with E-state index in [0.717, 1.165) is 49.1 Å². The first-order valence-electron chi connectivity index (χ1n) is 8.72. The van der Waals surface area contributed by atoms with Gasteiger partial charge in [0.15, 0.2) is 6.61 Å². The van der Waals surface area contributed by atoms with Crippen molar-refractivity contribution in [2.75, 3.05) is 6.61 Å². The van der Waals surface area contributed by atoms with Crippen molar-refractivity contribution in [3.63, 3.8) is 0 Å². The van der Waals surface area contributed by atoms with Crippen molar-refractivity contribution < 1.29 is 32.2 Å². The zero-order valence-corrected chi connectivity index (χ0v) is 14.8. The summed E-state index contributed by atoms with van der Waals surface area (Å²) >= 11 is 0. The third-order valence-corrected chi connectivity index (χ3v) is 4.36. The number of benzene rings is 2. The minimum Gasteiger partial charge on any atom is -0.452 e. The van der Waals surface area contributed by atoms with Crippen molar-refractivity contribution in [1.29, 1.82) is 0 Å². The van der Waals surface area contributed by atoms with Gasteiger partial charge in [0.1, 0.15) is 5.75 Å². The number of hydrogen-bond acceptors (Lipinski definition) is 4. The predicted molar refractivity (Wildman–Crippen MR) is 93.7 cm³/mol. The number of fused-ring (bicyclic) bond motifs is 1. The molecule has 0 heterocycles. The Labute approximate surface area is 159 Å². The van der Waals surface area contributed by atoms with Crippen LogP contribution < -0.4 is 10.1 Å². The highest BCUT2D eigenvalue weighted by Gasteiger charge is 2.31. The van der Waals surface area contributed by atoms with Gasteiger partial charge in [-0.1, -0.05) is 24.3 Å². The average molecular weight is 393 g/mol. The first kappa shape index (κ1) is 19.7. The molecule has 0 aromatic heterocycles. The van der Waals surface area contributed by atoms with Gasteiger partial charge in [0.2, 0.25) is 0 Å². The van der Waals surface area contributed by atoms with E-state index in [4.69, 9.17) is 4.74 Å². The van der Waals surface area contributed by atoms with E-state index >= 15 is 0 Å². The van der Waals surface area contributed by atoms with E-state index in [1.807, 2.05) is 24.3 Å². The number of aryl methyl sites for hydroxylation is 1. The first-order chi connectivity index (χ1) is 13.3. The van der Waals surface area contributed by atoms with Gasteiger partial charge in [-0.25, -0.2) is 4.79 Å². The minimum atomic E-state index is -4.81. The fraction of sp³-hybridized carbons (Fsp3) is 0.300. The Morgan fingerprint density at radius 1 is 1.07 bits per heavy atom. The van der Waals surface area contributed by atoms with Gasteiger partial charge in [0, 0.05) is 0 Å². The lowest BCUT2D eigenvalue weighted by molar-refractivity contribution is -0.274. The van der Waals surface area contributed by atoms with E-state index in [1.54, 1.807) is 0 Å². The fourth-order valence-electron chi connectivity index (χ4n) is 3.15. The Morgan fingerprint density at radius 2 is 1.79 bits per heavy atom. The Balaban J connectivity index is 1.52. The van der Waals surface area contributed by atoms with Crippen molar-refractivity contribution in [3.8, 4) is 5.75 Å². The van der Waals surface area contributed by atoms with Crippen LogP contribution in [0.1, 0.15) is 40.4 Å². The number of esters is 1. The molecule has 0 saturated heterocycles. The summed E-state index contributed by atoms with van der Waals surface area (Å²) in [6.45, 7) is -0.474. The van der Waals surface area contributed by atoms with Gasteiger partial charge < -0.3 is 14.8 Å². The average Bonchev–Trinajstić information content (AvgIpc) is 2.66. The number of alkyl halides is 3. The Hall–Kier alpha value is -3.03. The lowest BCUT2D eigenvalue weighted by Gasteiger charge is -2.26. The molecule has 1 amide bonds. The molecule has 2 aromatic rings. The molecule has 0 fully saturated rings. The second-order valence-electron chi connectivity index (χ2n) is 6.36. The van der Waals surface area contributed by atoms with Crippen LogP contribution in [0.25, 0.3) is 0 Å². The number of ether oxygens (including phenoxy) is 2. The molecule has 148 valence electrons. The van der Waals surface area contributed by atoms with E-state index in [9.17, 15) is 22.8 Å². The van der Waals surface area contributed by atoms with Crippen LogP contribution in [-0.2, 0) is 16.0 Å². The summed E-state index contributed by atoms with van der Waals surface area (Å²) in [4.78, 5) is 24.1. The van der Waals surface area contributed by atoms with Crippen LogP contribution in [0.15, 0.2) is 48.5 Å². The van der Waals surface area contributed by atoms with Crippen LogP contribution in [-0.4, -0.2) is 24.8 Å². The molecule has 28 heavy (non-hydrogen) atoms. The monoisotopic (exact) mass is 393 g/mol. The molecule has 1 aliphatic carbocycles. The fourth-order valence-corrected chi connectivity index (χ4v) is 3.15. The van der Waals surface area contributed by atoms with Crippen LogP contribution in [0.5, 0.6) is 5.75 Å². The standard InChI is InChI=1S/C20H18F3NO4/c21-20(22,23)28-15-10-8-14(9-11-15)19(26)27-12-18(25)24-17-7-3-5-13-4-1-2-6-16(13)17/h1-2,4,6,8-11,17H,3,5,7,12H2,(H,24,25)/t17-/m1/s1.